The SMILES string of the molecule is O=C(CCCN1CCOCC1)NCCc1c[nH]c2ncccc12. The number of hydrogen-bond acceptors (Lipinski definition) is 4. The fraction of sp³-hybridized carbons (Fsp3) is 0.529. The number of rotatable bonds is 7. The molecular weight excluding hydrogens is 292 g/mol. The van der Waals surface area contributed by atoms with Gasteiger partial charge in [0.05, 0.1) is 13.2 Å². The summed E-state index contributed by atoms with van der Waals surface area (Å²) in [4.78, 5) is 21.7. The van der Waals surface area contributed by atoms with Gasteiger partial charge in [-0.2, -0.15) is 0 Å². The Balaban J connectivity index is 1.34. The van der Waals surface area contributed by atoms with Gasteiger partial charge in [0.25, 0.3) is 0 Å². The van der Waals surface area contributed by atoms with Crippen molar-refractivity contribution in [2.24, 2.45) is 0 Å². The van der Waals surface area contributed by atoms with Crippen LogP contribution < -0.4 is 5.32 Å². The lowest BCUT2D eigenvalue weighted by Crippen LogP contribution is -2.37. The Morgan fingerprint density at radius 1 is 1.39 bits per heavy atom. The first-order valence-corrected chi connectivity index (χ1v) is 8.31. The minimum atomic E-state index is 0.135. The zero-order valence-corrected chi connectivity index (χ0v) is 13.4. The standard InChI is InChI=1S/C17H24N4O2/c22-16(4-2-8-21-9-11-23-12-10-21)18-7-5-14-13-20-17-15(14)3-1-6-19-17/h1,3,6,13H,2,4-5,7-12H2,(H,18,22)(H,19,20). The highest BCUT2D eigenvalue weighted by Crippen LogP contribution is 2.15. The van der Waals surface area contributed by atoms with Crippen LogP contribution in [0, 0.1) is 0 Å². The first-order valence-electron chi connectivity index (χ1n) is 8.31. The summed E-state index contributed by atoms with van der Waals surface area (Å²) in [6.45, 7) is 5.23. The van der Waals surface area contributed by atoms with Crippen molar-refractivity contribution in [1.29, 1.82) is 0 Å². The summed E-state index contributed by atoms with van der Waals surface area (Å²) >= 11 is 0. The predicted molar refractivity (Wildman–Crippen MR) is 89.3 cm³/mol. The van der Waals surface area contributed by atoms with Gasteiger partial charge in [-0.25, -0.2) is 4.98 Å². The zero-order valence-electron chi connectivity index (χ0n) is 13.4. The van der Waals surface area contributed by atoms with Crippen LogP contribution in [0.2, 0.25) is 0 Å². The van der Waals surface area contributed by atoms with E-state index in [1.807, 2.05) is 12.3 Å². The van der Waals surface area contributed by atoms with Crippen LogP contribution in [0.1, 0.15) is 18.4 Å². The summed E-state index contributed by atoms with van der Waals surface area (Å²) in [5.74, 6) is 0.135. The van der Waals surface area contributed by atoms with Gasteiger partial charge in [0.1, 0.15) is 5.65 Å². The van der Waals surface area contributed by atoms with Gasteiger partial charge in [-0.1, -0.05) is 0 Å². The Hall–Kier alpha value is -1.92. The molecule has 2 N–H and O–H groups in total. The molecule has 2 aromatic rings. The number of carbonyl (C=O) groups excluding carboxylic acids is 1. The van der Waals surface area contributed by atoms with Crippen LogP contribution in [-0.4, -0.2) is 60.2 Å². The number of fused-ring (bicyclic) bond motifs is 1. The van der Waals surface area contributed by atoms with Crippen molar-refractivity contribution in [2.45, 2.75) is 19.3 Å². The normalized spacial score (nSPS) is 15.8. The number of nitrogens with zero attached hydrogens (tertiary/aromatic N) is 2. The molecule has 6 nitrogen and oxygen atoms in total. The molecule has 1 amide bonds. The monoisotopic (exact) mass is 316 g/mol. The third-order valence-electron chi connectivity index (χ3n) is 4.24. The van der Waals surface area contributed by atoms with E-state index in [-0.39, 0.29) is 5.91 Å². The third-order valence-corrected chi connectivity index (χ3v) is 4.24. The van der Waals surface area contributed by atoms with Crippen LogP contribution in [0.5, 0.6) is 0 Å². The van der Waals surface area contributed by atoms with Crippen molar-refractivity contribution in [1.82, 2.24) is 20.2 Å². The largest absolute Gasteiger partial charge is 0.379 e. The molecule has 3 rings (SSSR count). The number of aromatic amines is 1. The predicted octanol–water partition coefficient (Wildman–Crippen LogP) is 1.33. The van der Waals surface area contributed by atoms with Gasteiger partial charge >= 0.3 is 0 Å². The minimum Gasteiger partial charge on any atom is -0.379 e. The van der Waals surface area contributed by atoms with Gasteiger partial charge in [0, 0.05) is 43.8 Å². The highest BCUT2D eigenvalue weighted by Gasteiger charge is 2.10. The van der Waals surface area contributed by atoms with Gasteiger partial charge in [0.2, 0.25) is 5.91 Å². The Morgan fingerprint density at radius 3 is 3.13 bits per heavy atom. The molecule has 0 bridgehead atoms. The van der Waals surface area contributed by atoms with Crippen molar-refractivity contribution >= 4 is 16.9 Å². The summed E-state index contributed by atoms with van der Waals surface area (Å²) in [7, 11) is 0. The number of nitrogens with one attached hydrogen (secondary N) is 2. The van der Waals surface area contributed by atoms with E-state index in [1.165, 1.54) is 5.56 Å². The lowest BCUT2D eigenvalue weighted by molar-refractivity contribution is -0.121. The second kappa shape index (κ2) is 8.08. The molecule has 0 aromatic carbocycles. The quantitative estimate of drug-likeness (QED) is 0.808. The van der Waals surface area contributed by atoms with Gasteiger partial charge < -0.3 is 15.0 Å². The van der Waals surface area contributed by atoms with Crippen molar-refractivity contribution in [3.63, 3.8) is 0 Å². The number of aromatic nitrogens is 2. The van der Waals surface area contributed by atoms with Crippen molar-refractivity contribution in [3.8, 4) is 0 Å². The van der Waals surface area contributed by atoms with Crippen LogP contribution in [-0.2, 0) is 16.0 Å². The van der Waals surface area contributed by atoms with Crippen LogP contribution in [0.25, 0.3) is 11.0 Å². The fourth-order valence-corrected chi connectivity index (χ4v) is 2.93. The minimum absolute atomic E-state index is 0.135. The van der Waals surface area contributed by atoms with E-state index in [0.717, 1.165) is 56.7 Å². The number of hydrogen-bond donors (Lipinski definition) is 2. The van der Waals surface area contributed by atoms with E-state index in [0.29, 0.717) is 13.0 Å². The lowest BCUT2D eigenvalue weighted by atomic mass is 10.1. The van der Waals surface area contributed by atoms with Gasteiger partial charge in [-0.3, -0.25) is 9.69 Å². The Labute approximate surface area is 136 Å². The molecule has 1 fully saturated rings. The summed E-state index contributed by atoms with van der Waals surface area (Å²) in [5.41, 5.74) is 2.10. The van der Waals surface area contributed by atoms with Gasteiger partial charge in [-0.15, -0.1) is 0 Å². The van der Waals surface area contributed by atoms with Crippen LogP contribution in [0.4, 0.5) is 0 Å². The molecule has 0 radical (unpaired) electrons. The molecule has 3 heterocycles. The van der Waals surface area contributed by atoms with Gasteiger partial charge in [-0.05, 0) is 37.1 Å². The van der Waals surface area contributed by atoms with E-state index in [2.05, 4.69) is 26.3 Å². The second-order valence-corrected chi connectivity index (χ2v) is 5.87. The number of pyridine rings is 1. The second-order valence-electron chi connectivity index (χ2n) is 5.87. The molecule has 6 heteroatoms. The van der Waals surface area contributed by atoms with Crippen LogP contribution in [0.3, 0.4) is 0 Å². The summed E-state index contributed by atoms with van der Waals surface area (Å²) < 4.78 is 5.32. The highest BCUT2D eigenvalue weighted by molar-refractivity contribution is 5.79. The third kappa shape index (κ3) is 4.53. The molecule has 1 saturated heterocycles. The van der Waals surface area contributed by atoms with E-state index in [1.54, 1.807) is 6.20 Å². The maximum Gasteiger partial charge on any atom is 0.220 e. The highest BCUT2D eigenvalue weighted by atomic mass is 16.5. The Bertz CT molecular complexity index is 634. The lowest BCUT2D eigenvalue weighted by Gasteiger charge is -2.26. The summed E-state index contributed by atoms with van der Waals surface area (Å²) in [6, 6.07) is 3.99. The first kappa shape index (κ1) is 16.0. The Morgan fingerprint density at radius 2 is 2.26 bits per heavy atom. The molecule has 2 aromatic heterocycles. The maximum atomic E-state index is 11.9. The van der Waals surface area contributed by atoms with E-state index < -0.39 is 0 Å². The molecule has 1 aliphatic rings. The average Bonchev–Trinajstić information content (AvgIpc) is 2.99. The molecule has 0 saturated carbocycles. The molecule has 1 aliphatic heterocycles. The van der Waals surface area contributed by atoms with E-state index in [9.17, 15) is 4.79 Å². The molecule has 0 spiro atoms. The Kier molecular flexibility index (Phi) is 5.60. The molecule has 23 heavy (non-hydrogen) atoms. The molecule has 0 unspecified atom stereocenters. The first-order chi connectivity index (χ1) is 11.3. The van der Waals surface area contributed by atoms with Crippen LogP contribution in [0.15, 0.2) is 24.5 Å². The topological polar surface area (TPSA) is 70.2 Å². The zero-order chi connectivity index (χ0) is 15.9. The summed E-state index contributed by atoms with van der Waals surface area (Å²) in [6.07, 6.45) is 6.07. The van der Waals surface area contributed by atoms with Gasteiger partial charge in [0.15, 0.2) is 0 Å². The number of H-pyrrole nitrogens is 1. The molecule has 0 aliphatic carbocycles. The summed E-state index contributed by atoms with van der Waals surface area (Å²) in [5, 5.41) is 4.14. The molecular formula is C17H24N4O2. The van der Waals surface area contributed by atoms with E-state index in [4.69, 9.17) is 4.74 Å². The van der Waals surface area contributed by atoms with Crippen molar-refractivity contribution in [3.05, 3.63) is 30.1 Å². The average molecular weight is 316 g/mol. The number of ether oxygens (including phenoxy) is 1. The van der Waals surface area contributed by atoms with Crippen molar-refractivity contribution < 1.29 is 9.53 Å². The molecule has 124 valence electrons. The smallest absolute Gasteiger partial charge is 0.220 e. The number of carbonyl (C=O) groups is 1. The fourth-order valence-electron chi connectivity index (χ4n) is 2.93. The van der Waals surface area contributed by atoms with E-state index >= 15 is 0 Å². The number of amides is 1. The maximum absolute atomic E-state index is 11.9. The van der Waals surface area contributed by atoms with Crippen molar-refractivity contribution in [2.75, 3.05) is 39.4 Å². The number of morpholine rings is 1. The molecule has 0 atom stereocenters. The van der Waals surface area contributed by atoms with Crippen LogP contribution >= 0.6 is 0 Å².